The van der Waals surface area contributed by atoms with E-state index in [-0.39, 0.29) is 0 Å². The summed E-state index contributed by atoms with van der Waals surface area (Å²) in [6, 6.07) is 0. The van der Waals surface area contributed by atoms with Crippen molar-refractivity contribution in [2.45, 2.75) is 19.4 Å². The highest BCUT2D eigenvalue weighted by Crippen LogP contribution is 2.05. The predicted octanol–water partition coefficient (Wildman–Crippen LogP) is 0.186. The van der Waals surface area contributed by atoms with E-state index in [4.69, 9.17) is 9.84 Å². The maximum atomic E-state index is 9.06. The fourth-order valence-electron chi connectivity index (χ4n) is 0.816. The van der Waals surface area contributed by atoms with E-state index in [1.165, 1.54) is 0 Å². The Kier molecular flexibility index (Phi) is 2.05. The molecule has 0 aromatic carbocycles. The zero-order valence-electron chi connectivity index (χ0n) is 5.50. The zero-order chi connectivity index (χ0) is 6.69. The summed E-state index contributed by atoms with van der Waals surface area (Å²) in [6.07, 6.45) is 0.278. The minimum Gasteiger partial charge on any atom is -0.479 e. The van der Waals surface area contributed by atoms with Gasteiger partial charge in [-0.15, -0.1) is 0 Å². The number of hydrogen-bond donors (Lipinski definition) is 1. The highest BCUT2D eigenvalue weighted by atomic mass is 16.5. The van der Waals surface area contributed by atoms with E-state index < -0.39 is 6.10 Å². The predicted molar refractivity (Wildman–Crippen MR) is 34.6 cm³/mol. The van der Waals surface area contributed by atoms with Gasteiger partial charge in [0, 0.05) is 13.0 Å². The molecule has 52 valence electrons. The molecule has 1 N–H and O–H groups in total. The molecule has 0 fully saturated rings. The van der Waals surface area contributed by atoms with Crippen molar-refractivity contribution in [2.24, 2.45) is 4.99 Å². The molecule has 0 saturated heterocycles. The molecule has 9 heavy (non-hydrogen) atoms. The lowest BCUT2D eigenvalue weighted by Gasteiger charge is -2.04. The fourth-order valence-corrected chi connectivity index (χ4v) is 0.816. The molecule has 0 aliphatic carbocycles. The second kappa shape index (κ2) is 2.82. The van der Waals surface area contributed by atoms with Crippen LogP contribution < -0.4 is 0 Å². The lowest BCUT2D eigenvalue weighted by Crippen LogP contribution is -2.18. The SMILES string of the molecule is CCOC1=NCCC1O. The molecule has 0 radical (unpaired) electrons. The first kappa shape index (κ1) is 6.55. The van der Waals surface area contributed by atoms with Crippen LogP contribution in [-0.2, 0) is 4.74 Å². The van der Waals surface area contributed by atoms with Crippen LogP contribution in [0.2, 0.25) is 0 Å². The highest BCUT2D eigenvalue weighted by molar-refractivity contribution is 5.82. The van der Waals surface area contributed by atoms with Crippen molar-refractivity contribution < 1.29 is 9.84 Å². The third-order valence-corrected chi connectivity index (χ3v) is 1.25. The van der Waals surface area contributed by atoms with Gasteiger partial charge in [0.1, 0.15) is 6.10 Å². The van der Waals surface area contributed by atoms with E-state index in [0.717, 1.165) is 6.42 Å². The molecule has 1 aliphatic rings. The van der Waals surface area contributed by atoms with Crippen LogP contribution in [0.3, 0.4) is 0 Å². The Balaban J connectivity index is 2.38. The van der Waals surface area contributed by atoms with Gasteiger partial charge in [-0.05, 0) is 6.92 Å². The van der Waals surface area contributed by atoms with Crippen LogP contribution in [0.15, 0.2) is 4.99 Å². The normalized spacial score (nSPS) is 26.0. The first-order valence-corrected chi connectivity index (χ1v) is 3.19. The number of hydrogen-bond acceptors (Lipinski definition) is 3. The van der Waals surface area contributed by atoms with Crippen molar-refractivity contribution in [3.63, 3.8) is 0 Å². The number of aliphatic imine (C=N–C) groups is 1. The van der Waals surface area contributed by atoms with E-state index in [1.807, 2.05) is 6.92 Å². The molecular weight excluding hydrogens is 118 g/mol. The highest BCUT2D eigenvalue weighted by Gasteiger charge is 2.18. The molecule has 1 rings (SSSR count). The largest absolute Gasteiger partial charge is 0.479 e. The van der Waals surface area contributed by atoms with Gasteiger partial charge in [0.15, 0.2) is 0 Å². The summed E-state index contributed by atoms with van der Waals surface area (Å²) in [5.41, 5.74) is 0. The van der Waals surface area contributed by atoms with Gasteiger partial charge in [-0.3, -0.25) is 4.99 Å². The molecule has 0 spiro atoms. The molecule has 3 heteroatoms. The van der Waals surface area contributed by atoms with Crippen molar-refractivity contribution in [2.75, 3.05) is 13.2 Å². The van der Waals surface area contributed by atoms with Crippen LogP contribution in [0.25, 0.3) is 0 Å². The zero-order valence-corrected chi connectivity index (χ0v) is 5.50. The molecular formula is C6H11NO2. The lowest BCUT2D eigenvalue weighted by molar-refractivity contribution is 0.197. The number of ether oxygens (including phenoxy) is 1. The molecule has 0 aromatic rings. The van der Waals surface area contributed by atoms with E-state index in [0.29, 0.717) is 19.0 Å². The van der Waals surface area contributed by atoms with Gasteiger partial charge in [0.05, 0.1) is 6.61 Å². The Morgan fingerprint density at radius 2 is 2.67 bits per heavy atom. The van der Waals surface area contributed by atoms with Crippen molar-refractivity contribution >= 4 is 5.90 Å². The average molecular weight is 129 g/mol. The Morgan fingerprint density at radius 3 is 3.11 bits per heavy atom. The first-order chi connectivity index (χ1) is 4.34. The smallest absolute Gasteiger partial charge is 0.213 e. The van der Waals surface area contributed by atoms with Crippen LogP contribution in [0.1, 0.15) is 13.3 Å². The van der Waals surface area contributed by atoms with Gasteiger partial charge < -0.3 is 9.84 Å². The first-order valence-electron chi connectivity index (χ1n) is 3.19. The van der Waals surface area contributed by atoms with Gasteiger partial charge in [0.25, 0.3) is 0 Å². The molecule has 1 aliphatic heterocycles. The van der Waals surface area contributed by atoms with Crippen LogP contribution in [0.4, 0.5) is 0 Å². The van der Waals surface area contributed by atoms with E-state index in [1.54, 1.807) is 0 Å². The number of rotatable bonds is 1. The standard InChI is InChI=1S/C6H11NO2/c1-2-9-6-5(8)3-4-7-6/h5,8H,2-4H2,1H3. The average Bonchev–Trinajstić information content (AvgIpc) is 2.18. The van der Waals surface area contributed by atoms with Gasteiger partial charge in [0.2, 0.25) is 5.90 Å². The molecule has 3 nitrogen and oxygen atoms in total. The molecule has 1 unspecified atom stereocenters. The molecule has 0 bridgehead atoms. The maximum absolute atomic E-state index is 9.06. The monoisotopic (exact) mass is 129 g/mol. The van der Waals surface area contributed by atoms with Gasteiger partial charge in [-0.1, -0.05) is 0 Å². The second-order valence-electron chi connectivity index (χ2n) is 1.96. The Hall–Kier alpha value is -0.570. The molecule has 1 atom stereocenters. The van der Waals surface area contributed by atoms with Crippen molar-refractivity contribution in [3.8, 4) is 0 Å². The molecule has 1 heterocycles. The second-order valence-corrected chi connectivity index (χ2v) is 1.96. The van der Waals surface area contributed by atoms with Gasteiger partial charge in [-0.2, -0.15) is 0 Å². The molecule has 0 saturated carbocycles. The van der Waals surface area contributed by atoms with E-state index in [9.17, 15) is 0 Å². The van der Waals surface area contributed by atoms with E-state index in [2.05, 4.69) is 4.99 Å². The van der Waals surface area contributed by atoms with E-state index >= 15 is 0 Å². The third-order valence-electron chi connectivity index (χ3n) is 1.25. The van der Waals surface area contributed by atoms with Crippen LogP contribution >= 0.6 is 0 Å². The summed E-state index contributed by atoms with van der Waals surface area (Å²) in [6.45, 7) is 3.18. The minimum absolute atomic E-state index is 0.440. The Labute approximate surface area is 54.4 Å². The Morgan fingerprint density at radius 1 is 1.89 bits per heavy atom. The van der Waals surface area contributed by atoms with Crippen molar-refractivity contribution in [1.29, 1.82) is 0 Å². The number of aliphatic hydroxyl groups excluding tert-OH is 1. The molecule has 0 amide bonds. The number of nitrogens with zero attached hydrogens (tertiary/aromatic N) is 1. The van der Waals surface area contributed by atoms with Crippen molar-refractivity contribution in [3.05, 3.63) is 0 Å². The summed E-state index contributed by atoms with van der Waals surface area (Å²) < 4.78 is 5.02. The summed E-state index contributed by atoms with van der Waals surface area (Å²) in [5.74, 6) is 0.512. The summed E-state index contributed by atoms with van der Waals surface area (Å²) in [5, 5.41) is 9.06. The van der Waals surface area contributed by atoms with Crippen molar-refractivity contribution in [1.82, 2.24) is 0 Å². The Bertz CT molecular complexity index is 122. The van der Waals surface area contributed by atoms with Crippen LogP contribution in [0, 0.1) is 0 Å². The minimum atomic E-state index is -0.440. The fraction of sp³-hybridized carbons (Fsp3) is 0.833. The third kappa shape index (κ3) is 1.42. The van der Waals surface area contributed by atoms with Crippen LogP contribution in [-0.4, -0.2) is 30.3 Å². The maximum Gasteiger partial charge on any atom is 0.213 e. The lowest BCUT2D eigenvalue weighted by atomic mass is 10.3. The summed E-state index contributed by atoms with van der Waals surface area (Å²) in [4.78, 5) is 3.95. The molecule has 0 aromatic heterocycles. The van der Waals surface area contributed by atoms with Gasteiger partial charge >= 0.3 is 0 Å². The topological polar surface area (TPSA) is 41.8 Å². The quantitative estimate of drug-likeness (QED) is 0.549. The summed E-state index contributed by atoms with van der Waals surface area (Å²) in [7, 11) is 0. The van der Waals surface area contributed by atoms with Crippen LogP contribution in [0.5, 0.6) is 0 Å². The number of aliphatic hydroxyl groups is 1. The summed E-state index contributed by atoms with van der Waals surface area (Å²) >= 11 is 0. The van der Waals surface area contributed by atoms with Gasteiger partial charge in [-0.25, -0.2) is 0 Å².